The molecule has 1 amide bonds. The minimum atomic E-state index is -3.66. The van der Waals surface area contributed by atoms with Crippen LogP contribution in [-0.2, 0) is 14.8 Å². The van der Waals surface area contributed by atoms with Gasteiger partial charge in [0.2, 0.25) is 21.1 Å². The Morgan fingerprint density at radius 3 is 2.64 bits per heavy atom. The topological polar surface area (TPSA) is 107 Å². The third-order valence-electron chi connectivity index (χ3n) is 3.10. The normalized spacial score (nSPS) is 11.4. The molecule has 0 aliphatic heterocycles. The monoisotopic (exact) mass is 378 g/mol. The van der Waals surface area contributed by atoms with Gasteiger partial charge in [0.1, 0.15) is 6.26 Å². The molecule has 1 N–H and O–H groups in total. The van der Waals surface area contributed by atoms with E-state index >= 15 is 0 Å². The number of nitrogens with one attached hydrogen (secondary N) is 1. The van der Waals surface area contributed by atoms with E-state index in [-0.39, 0.29) is 22.6 Å². The molecule has 0 bridgehead atoms. The molecular formula is C15H14N4O4S2. The van der Waals surface area contributed by atoms with E-state index in [9.17, 15) is 13.2 Å². The maximum absolute atomic E-state index is 12.1. The predicted molar refractivity (Wildman–Crippen MR) is 93.8 cm³/mol. The molecule has 130 valence electrons. The van der Waals surface area contributed by atoms with E-state index in [1.807, 2.05) is 6.07 Å². The van der Waals surface area contributed by atoms with Crippen molar-refractivity contribution in [3.8, 4) is 11.4 Å². The molecule has 8 nitrogen and oxygen atoms in total. The van der Waals surface area contributed by atoms with Gasteiger partial charge in [0.25, 0.3) is 0 Å². The van der Waals surface area contributed by atoms with E-state index in [1.165, 1.54) is 12.5 Å². The molecule has 10 heteroatoms. The number of hydrogen-bond donors (Lipinski definition) is 1. The van der Waals surface area contributed by atoms with E-state index in [0.717, 1.165) is 22.0 Å². The molecule has 0 atom stereocenters. The van der Waals surface area contributed by atoms with Crippen molar-refractivity contribution in [2.45, 2.75) is 5.16 Å². The summed E-state index contributed by atoms with van der Waals surface area (Å²) < 4.78 is 30.2. The quantitative estimate of drug-likeness (QED) is 0.654. The van der Waals surface area contributed by atoms with Gasteiger partial charge in [-0.25, -0.2) is 8.42 Å². The first kappa shape index (κ1) is 17.2. The van der Waals surface area contributed by atoms with Crippen LogP contribution in [0.4, 0.5) is 5.69 Å². The van der Waals surface area contributed by atoms with E-state index in [2.05, 4.69) is 15.5 Å². The molecule has 0 spiro atoms. The fourth-order valence-electron chi connectivity index (χ4n) is 2.06. The van der Waals surface area contributed by atoms with Gasteiger partial charge < -0.3 is 9.73 Å². The second-order valence-electron chi connectivity index (χ2n) is 5.05. The van der Waals surface area contributed by atoms with E-state index in [0.29, 0.717) is 11.3 Å². The summed E-state index contributed by atoms with van der Waals surface area (Å²) in [5.41, 5.74) is 1.15. The molecule has 3 rings (SSSR count). The number of para-hydroxylation sites is 1. The Balaban J connectivity index is 1.78. The summed E-state index contributed by atoms with van der Waals surface area (Å²) in [5, 5.41) is 10.6. The van der Waals surface area contributed by atoms with E-state index in [4.69, 9.17) is 4.42 Å². The van der Waals surface area contributed by atoms with Crippen molar-refractivity contribution >= 4 is 33.4 Å². The van der Waals surface area contributed by atoms with Crippen LogP contribution in [0.1, 0.15) is 0 Å². The molecule has 0 saturated carbocycles. The summed E-state index contributed by atoms with van der Waals surface area (Å²) in [5.74, 6) is -0.139. The van der Waals surface area contributed by atoms with Crippen LogP contribution in [0.25, 0.3) is 11.4 Å². The van der Waals surface area contributed by atoms with Crippen LogP contribution in [0, 0.1) is 0 Å². The van der Waals surface area contributed by atoms with Gasteiger partial charge in [0, 0.05) is 5.69 Å². The van der Waals surface area contributed by atoms with Gasteiger partial charge in [-0.2, -0.15) is 3.97 Å². The van der Waals surface area contributed by atoms with Gasteiger partial charge >= 0.3 is 0 Å². The average molecular weight is 378 g/mol. The second kappa shape index (κ2) is 7.11. The Labute approximate surface area is 148 Å². The Kier molecular flexibility index (Phi) is 4.91. The third kappa shape index (κ3) is 4.09. The minimum Gasteiger partial charge on any atom is -0.472 e. The number of anilines is 1. The van der Waals surface area contributed by atoms with Crippen LogP contribution < -0.4 is 5.32 Å². The van der Waals surface area contributed by atoms with Crippen LogP contribution in [0.15, 0.2) is 58.5 Å². The fraction of sp³-hybridized carbons (Fsp3) is 0.133. The largest absolute Gasteiger partial charge is 0.472 e. The van der Waals surface area contributed by atoms with Gasteiger partial charge in [0.05, 0.1) is 23.8 Å². The first-order valence-corrected chi connectivity index (χ1v) is 9.95. The molecule has 0 aliphatic rings. The zero-order valence-corrected chi connectivity index (χ0v) is 14.8. The van der Waals surface area contributed by atoms with Crippen molar-refractivity contribution in [3.05, 3.63) is 48.9 Å². The van der Waals surface area contributed by atoms with Crippen molar-refractivity contribution < 1.29 is 17.6 Å². The average Bonchev–Trinajstić information content (AvgIpc) is 3.22. The van der Waals surface area contributed by atoms with Gasteiger partial charge in [-0.1, -0.05) is 30.0 Å². The third-order valence-corrected chi connectivity index (χ3v) is 5.15. The van der Waals surface area contributed by atoms with Crippen molar-refractivity contribution in [1.82, 2.24) is 14.2 Å². The molecule has 1 aromatic carbocycles. The summed E-state index contributed by atoms with van der Waals surface area (Å²) in [4.78, 5) is 12.0. The number of carbonyl (C=O) groups excluding carboxylic acids is 1. The fourth-order valence-corrected chi connectivity index (χ4v) is 4.04. The standard InChI is InChI=1S/C15H14N4O4S2/c1-25(21,22)19-14(11-7-8-23-9-11)17-18-15(19)24-10-13(20)16-12-5-3-2-4-6-12/h2-9H,10H2,1H3,(H,16,20). The van der Waals surface area contributed by atoms with Gasteiger partial charge in [-0.05, 0) is 18.2 Å². The molecular weight excluding hydrogens is 364 g/mol. The van der Waals surface area contributed by atoms with Crippen molar-refractivity contribution in [3.63, 3.8) is 0 Å². The molecule has 0 unspecified atom stereocenters. The van der Waals surface area contributed by atoms with Crippen molar-refractivity contribution in [2.24, 2.45) is 0 Å². The Hall–Kier alpha value is -2.59. The number of nitrogens with zero attached hydrogens (tertiary/aromatic N) is 3. The zero-order chi connectivity index (χ0) is 17.9. The Morgan fingerprint density at radius 1 is 1.24 bits per heavy atom. The molecule has 0 radical (unpaired) electrons. The number of thioether (sulfide) groups is 1. The lowest BCUT2D eigenvalue weighted by molar-refractivity contribution is -0.113. The number of carbonyl (C=O) groups is 1. The number of aromatic nitrogens is 3. The van der Waals surface area contributed by atoms with Crippen molar-refractivity contribution in [2.75, 3.05) is 17.3 Å². The van der Waals surface area contributed by atoms with Crippen molar-refractivity contribution in [1.29, 1.82) is 0 Å². The summed E-state index contributed by atoms with van der Waals surface area (Å²) in [6.45, 7) is 0. The first-order valence-electron chi connectivity index (χ1n) is 7.11. The highest BCUT2D eigenvalue weighted by atomic mass is 32.2. The van der Waals surface area contributed by atoms with Crippen LogP contribution in [0.2, 0.25) is 0 Å². The second-order valence-corrected chi connectivity index (χ2v) is 7.82. The predicted octanol–water partition coefficient (Wildman–Crippen LogP) is 2.08. The highest BCUT2D eigenvalue weighted by Gasteiger charge is 2.22. The summed E-state index contributed by atoms with van der Waals surface area (Å²) in [7, 11) is -3.66. The van der Waals surface area contributed by atoms with E-state index < -0.39 is 10.0 Å². The molecule has 25 heavy (non-hydrogen) atoms. The van der Waals surface area contributed by atoms with Crippen LogP contribution in [-0.4, -0.2) is 40.5 Å². The zero-order valence-electron chi connectivity index (χ0n) is 13.1. The number of hydrogen-bond acceptors (Lipinski definition) is 7. The Morgan fingerprint density at radius 2 is 2.00 bits per heavy atom. The maximum Gasteiger partial charge on any atom is 0.239 e. The van der Waals surface area contributed by atoms with Crippen LogP contribution >= 0.6 is 11.8 Å². The summed E-state index contributed by atoms with van der Waals surface area (Å²) >= 11 is 0.987. The first-order chi connectivity index (χ1) is 11.9. The molecule has 0 fully saturated rings. The van der Waals surface area contributed by atoms with Gasteiger partial charge in [0.15, 0.2) is 5.82 Å². The number of amides is 1. The minimum absolute atomic E-state index is 0.00602. The molecule has 3 aromatic rings. The molecule has 0 saturated heterocycles. The lowest BCUT2D eigenvalue weighted by Crippen LogP contribution is -2.16. The lowest BCUT2D eigenvalue weighted by Gasteiger charge is -2.07. The summed E-state index contributed by atoms with van der Waals surface area (Å²) in [6, 6.07) is 10.6. The van der Waals surface area contributed by atoms with Gasteiger partial charge in [-0.3, -0.25) is 4.79 Å². The van der Waals surface area contributed by atoms with Crippen LogP contribution in [0.5, 0.6) is 0 Å². The van der Waals surface area contributed by atoms with E-state index in [1.54, 1.807) is 30.3 Å². The highest BCUT2D eigenvalue weighted by Crippen LogP contribution is 2.25. The number of benzene rings is 1. The lowest BCUT2D eigenvalue weighted by atomic mass is 10.3. The smallest absolute Gasteiger partial charge is 0.239 e. The van der Waals surface area contributed by atoms with Gasteiger partial charge in [-0.15, -0.1) is 10.2 Å². The maximum atomic E-state index is 12.1. The summed E-state index contributed by atoms with van der Waals surface area (Å²) in [6.07, 6.45) is 3.84. The Bertz CT molecular complexity index is 966. The molecule has 0 aliphatic carbocycles. The number of rotatable bonds is 6. The highest BCUT2D eigenvalue weighted by molar-refractivity contribution is 8.00. The molecule has 2 heterocycles. The van der Waals surface area contributed by atoms with Crippen LogP contribution in [0.3, 0.4) is 0 Å². The SMILES string of the molecule is CS(=O)(=O)n1c(SCC(=O)Nc2ccccc2)nnc1-c1ccoc1. The number of furan rings is 1. The molecule has 2 aromatic heterocycles.